The predicted octanol–water partition coefficient (Wildman–Crippen LogP) is 4.10. The first kappa shape index (κ1) is 15.4. The molecule has 0 fully saturated rings. The summed E-state index contributed by atoms with van der Waals surface area (Å²) < 4.78 is 10.9. The lowest BCUT2D eigenvalue weighted by Crippen LogP contribution is -2.14. The van der Waals surface area contributed by atoms with Gasteiger partial charge in [-0.05, 0) is 12.5 Å². The average molecular weight is 312 g/mol. The molecule has 1 heterocycles. The Kier molecular flexibility index (Phi) is 5.98. The molecule has 0 aliphatic heterocycles. The fourth-order valence-corrected chi connectivity index (χ4v) is 2.97. The van der Waals surface area contributed by atoms with Crippen molar-refractivity contribution in [3.8, 4) is 10.6 Å². The minimum absolute atomic E-state index is 0.0720. The zero-order chi connectivity index (χ0) is 14.4. The van der Waals surface area contributed by atoms with Gasteiger partial charge in [-0.3, -0.25) is 0 Å². The number of aromatic nitrogens is 1. The van der Waals surface area contributed by atoms with Crippen LogP contribution in [0.2, 0.25) is 0 Å². The summed E-state index contributed by atoms with van der Waals surface area (Å²) in [6, 6.07) is 8.16. The minimum atomic E-state index is 0.0720. The molecule has 1 aromatic carbocycles. The Morgan fingerprint density at radius 2 is 2.15 bits per heavy atom. The Labute approximate surface area is 128 Å². The first-order valence-electron chi connectivity index (χ1n) is 6.43. The van der Waals surface area contributed by atoms with Crippen LogP contribution in [0.1, 0.15) is 18.2 Å². The van der Waals surface area contributed by atoms with Crippen LogP contribution < -0.4 is 0 Å². The summed E-state index contributed by atoms with van der Waals surface area (Å²) in [5.74, 6) is 0.444. The molecule has 0 saturated heterocycles. The molecule has 3 nitrogen and oxygen atoms in total. The standard InChI is InChI=1S/C15H18ClNO2S/c1-11(8-18-2)19-9-12-5-3-4-6-14(12)15-17-13(7-16)10-20-15/h3-6,10-11H,7-9H2,1-2H3. The maximum absolute atomic E-state index is 5.81. The third-order valence-electron chi connectivity index (χ3n) is 2.86. The fourth-order valence-electron chi connectivity index (χ4n) is 1.86. The summed E-state index contributed by atoms with van der Waals surface area (Å²) in [7, 11) is 1.68. The molecule has 1 aromatic heterocycles. The molecule has 0 bridgehead atoms. The number of thiazole rings is 1. The Morgan fingerprint density at radius 1 is 1.35 bits per heavy atom. The van der Waals surface area contributed by atoms with Gasteiger partial charge in [0.15, 0.2) is 0 Å². The molecule has 1 atom stereocenters. The summed E-state index contributed by atoms with van der Waals surface area (Å²) in [4.78, 5) is 4.53. The van der Waals surface area contributed by atoms with Gasteiger partial charge in [-0.2, -0.15) is 0 Å². The van der Waals surface area contributed by atoms with E-state index in [-0.39, 0.29) is 6.10 Å². The topological polar surface area (TPSA) is 31.4 Å². The van der Waals surface area contributed by atoms with Crippen LogP contribution in [0.3, 0.4) is 0 Å². The van der Waals surface area contributed by atoms with E-state index in [1.54, 1.807) is 18.4 Å². The molecule has 0 aliphatic rings. The van der Waals surface area contributed by atoms with Crippen molar-refractivity contribution in [3.63, 3.8) is 0 Å². The van der Waals surface area contributed by atoms with Gasteiger partial charge in [0.1, 0.15) is 5.01 Å². The number of ether oxygens (including phenoxy) is 2. The molecule has 0 spiro atoms. The van der Waals surface area contributed by atoms with Crippen LogP contribution >= 0.6 is 22.9 Å². The van der Waals surface area contributed by atoms with Crippen molar-refractivity contribution in [2.45, 2.75) is 25.5 Å². The number of hydrogen-bond acceptors (Lipinski definition) is 4. The molecular weight excluding hydrogens is 294 g/mol. The number of hydrogen-bond donors (Lipinski definition) is 0. The highest BCUT2D eigenvalue weighted by molar-refractivity contribution is 7.13. The van der Waals surface area contributed by atoms with Gasteiger partial charge in [0.05, 0.1) is 30.9 Å². The normalized spacial score (nSPS) is 12.6. The third-order valence-corrected chi connectivity index (χ3v) is 4.06. The van der Waals surface area contributed by atoms with Crippen LogP contribution in [0.15, 0.2) is 29.6 Å². The molecule has 1 unspecified atom stereocenters. The highest BCUT2D eigenvalue weighted by Gasteiger charge is 2.10. The zero-order valence-corrected chi connectivity index (χ0v) is 13.2. The fraction of sp³-hybridized carbons (Fsp3) is 0.400. The van der Waals surface area contributed by atoms with E-state index in [0.29, 0.717) is 19.1 Å². The monoisotopic (exact) mass is 311 g/mol. The van der Waals surface area contributed by atoms with Crippen LogP contribution in [0.5, 0.6) is 0 Å². The van der Waals surface area contributed by atoms with Crippen LogP contribution in [0.25, 0.3) is 10.6 Å². The van der Waals surface area contributed by atoms with Gasteiger partial charge >= 0.3 is 0 Å². The van der Waals surface area contributed by atoms with E-state index in [2.05, 4.69) is 17.1 Å². The number of alkyl halides is 1. The van der Waals surface area contributed by atoms with Crippen molar-refractivity contribution >= 4 is 22.9 Å². The molecule has 0 aliphatic carbocycles. The predicted molar refractivity (Wildman–Crippen MR) is 83.2 cm³/mol. The first-order valence-corrected chi connectivity index (χ1v) is 7.85. The molecule has 5 heteroatoms. The minimum Gasteiger partial charge on any atom is -0.382 e. The van der Waals surface area contributed by atoms with Crippen molar-refractivity contribution in [1.82, 2.24) is 4.98 Å². The van der Waals surface area contributed by atoms with Gasteiger partial charge in [0, 0.05) is 18.1 Å². The quantitative estimate of drug-likeness (QED) is 0.721. The van der Waals surface area contributed by atoms with Gasteiger partial charge in [0.2, 0.25) is 0 Å². The molecule has 2 rings (SSSR count). The molecule has 108 valence electrons. The van der Waals surface area contributed by atoms with E-state index in [1.165, 1.54) is 0 Å². The zero-order valence-electron chi connectivity index (χ0n) is 11.6. The molecule has 20 heavy (non-hydrogen) atoms. The Morgan fingerprint density at radius 3 is 2.85 bits per heavy atom. The summed E-state index contributed by atoms with van der Waals surface area (Å²) in [5.41, 5.74) is 3.15. The second-order valence-corrected chi connectivity index (χ2v) is 5.64. The highest BCUT2D eigenvalue weighted by atomic mass is 35.5. The van der Waals surface area contributed by atoms with E-state index in [9.17, 15) is 0 Å². The second-order valence-electron chi connectivity index (χ2n) is 4.51. The van der Waals surface area contributed by atoms with Gasteiger partial charge in [0.25, 0.3) is 0 Å². The van der Waals surface area contributed by atoms with Gasteiger partial charge in [-0.25, -0.2) is 4.98 Å². The smallest absolute Gasteiger partial charge is 0.124 e. The Hall–Kier alpha value is -0.940. The largest absolute Gasteiger partial charge is 0.382 e. The SMILES string of the molecule is COCC(C)OCc1ccccc1-c1nc(CCl)cs1. The Bertz CT molecular complexity index is 544. The summed E-state index contributed by atoms with van der Waals surface area (Å²) in [6.07, 6.45) is 0.0720. The second kappa shape index (κ2) is 7.74. The maximum Gasteiger partial charge on any atom is 0.124 e. The number of nitrogens with zero attached hydrogens (tertiary/aromatic N) is 1. The molecule has 2 aromatic rings. The van der Waals surface area contributed by atoms with E-state index in [4.69, 9.17) is 21.1 Å². The van der Waals surface area contributed by atoms with Crippen LogP contribution in [-0.2, 0) is 22.0 Å². The number of rotatable bonds is 7. The average Bonchev–Trinajstić information content (AvgIpc) is 2.94. The van der Waals surface area contributed by atoms with Crippen LogP contribution in [0, 0.1) is 0 Å². The Balaban J connectivity index is 2.13. The summed E-state index contributed by atoms with van der Waals surface area (Å²) in [6.45, 7) is 3.15. The van der Waals surface area contributed by atoms with E-state index in [1.807, 2.05) is 24.4 Å². The summed E-state index contributed by atoms with van der Waals surface area (Å²) in [5, 5.41) is 2.98. The van der Waals surface area contributed by atoms with E-state index >= 15 is 0 Å². The first-order chi connectivity index (χ1) is 9.74. The van der Waals surface area contributed by atoms with E-state index in [0.717, 1.165) is 21.8 Å². The van der Waals surface area contributed by atoms with Gasteiger partial charge < -0.3 is 9.47 Å². The molecular formula is C15H18ClNO2S. The third kappa shape index (κ3) is 4.03. The van der Waals surface area contributed by atoms with Crippen molar-refractivity contribution in [2.24, 2.45) is 0 Å². The van der Waals surface area contributed by atoms with Crippen LogP contribution in [-0.4, -0.2) is 24.8 Å². The number of benzene rings is 1. The number of methoxy groups -OCH3 is 1. The molecule has 0 radical (unpaired) electrons. The highest BCUT2D eigenvalue weighted by Crippen LogP contribution is 2.28. The molecule has 0 N–H and O–H groups in total. The van der Waals surface area contributed by atoms with Crippen molar-refractivity contribution in [1.29, 1.82) is 0 Å². The van der Waals surface area contributed by atoms with Gasteiger partial charge in [-0.1, -0.05) is 24.3 Å². The lowest BCUT2D eigenvalue weighted by molar-refractivity contribution is 0.0000365. The van der Waals surface area contributed by atoms with Crippen molar-refractivity contribution in [3.05, 3.63) is 40.9 Å². The molecule has 0 amide bonds. The molecule has 0 saturated carbocycles. The van der Waals surface area contributed by atoms with Crippen LogP contribution in [0.4, 0.5) is 0 Å². The van der Waals surface area contributed by atoms with Crippen molar-refractivity contribution < 1.29 is 9.47 Å². The van der Waals surface area contributed by atoms with Gasteiger partial charge in [-0.15, -0.1) is 22.9 Å². The lowest BCUT2D eigenvalue weighted by Gasteiger charge is -2.13. The maximum atomic E-state index is 5.81. The number of halogens is 1. The van der Waals surface area contributed by atoms with Crippen molar-refractivity contribution in [2.75, 3.05) is 13.7 Å². The summed E-state index contributed by atoms with van der Waals surface area (Å²) >= 11 is 7.42. The lowest BCUT2D eigenvalue weighted by atomic mass is 10.1. The van der Waals surface area contributed by atoms with E-state index < -0.39 is 0 Å².